The van der Waals surface area contributed by atoms with Gasteiger partial charge in [-0.2, -0.15) is 5.10 Å². The molecular formula is C17H16F2N4O2S. The van der Waals surface area contributed by atoms with Crippen molar-refractivity contribution in [3.63, 3.8) is 0 Å². The van der Waals surface area contributed by atoms with E-state index in [1.165, 1.54) is 0 Å². The number of nitrogens with one attached hydrogen (secondary N) is 1. The first-order valence-electron chi connectivity index (χ1n) is 7.76. The Hall–Kier alpha value is -2.65. The van der Waals surface area contributed by atoms with Crippen LogP contribution in [-0.2, 0) is 16.6 Å². The van der Waals surface area contributed by atoms with E-state index in [2.05, 4.69) is 14.8 Å². The summed E-state index contributed by atoms with van der Waals surface area (Å²) in [7, 11) is -3.93. The Morgan fingerprint density at radius 2 is 1.81 bits per heavy atom. The molecule has 0 aliphatic heterocycles. The summed E-state index contributed by atoms with van der Waals surface area (Å²) < 4.78 is 54.5. The lowest BCUT2D eigenvalue weighted by atomic mass is 10.2. The number of aryl methyl sites for hydroxylation is 1. The van der Waals surface area contributed by atoms with Gasteiger partial charge in [-0.25, -0.2) is 21.9 Å². The molecule has 0 aliphatic rings. The monoisotopic (exact) mass is 378 g/mol. The van der Waals surface area contributed by atoms with Crippen LogP contribution in [0.15, 0.2) is 53.7 Å². The average molecular weight is 378 g/mol. The third-order valence-electron chi connectivity index (χ3n) is 3.77. The van der Waals surface area contributed by atoms with Crippen LogP contribution in [0.1, 0.15) is 5.69 Å². The van der Waals surface area contributed by atoms with Gasteiger partial charge < -0.3 is 0 Å². The molecule has 1 N–H and O–H groups in total. The van der Waals surface area contributed by atoms with Gasteiger partial charge in [-0.3, -0.25) is 9.67 Å². The fraction of sp³-hybridized carbons (Fsp3) is 0.176. The molecule has 3 rings (SSSR count). The first-order valence-corrected chi connectivity index (χ1v) is 9.25. The molecule has 0 spiro atoms. The fourth-order valence-electron chi connectivity index (χ4n) is 2.41. The molecule has 9 heteroatoms. The zero-order valence-corrected chi connectivity index (χ0v) is 14.7. The molecule has 0 unspecified atom stereocenters. The summed E-state index contributed by atoms with van der Waals surface area (Å²) >= 11 is 0. The Bertz CT molecular complexity index is 1020. The molecule has 0 aliphatic carbocycles. The zero-order chi connectivity index (χ0) is 18.7. The summed E-state index contributed by atoms with van der Waals surface area (Å²) in [6, 6.07) is 8.00. The number of pyridine rings is 1. The van der Waals surface area contributed by atoms with Crippen LogP contribution in [0, 0.1) is 18.6 Å². The summed E-state index contributed by atoms with van der Waals surface area (Å²) in [5.41, 5.74) is 2.53. The van der Waals surface area contributed by atoms with E-state index in [-0.39, 0.29) is 11.4 Å². The van der Waals surface area contributed by atoms with Gasteiger partial charge in [-0.1, -0.05) is 0 Å². The highest BCUT2D eigenvalue weighted by molar-refractivity contribution is 7.89. The van der Waals surface area contributed by atoms with E-state index in [1.54, 1.807) is 17.1 Å². The van der Waals surface area contributed by atoms with Gasteiger partial charge in [-0.05, 0) is 43.3 Å². The molecule has 0 atom stereocenters. The topological polar surface area (TPSA) is 76.9 Å². The van der Waals surface area contributed by atoms with Crippen molar-refractivity contribution in [1.29, 1.82) is 0 Å². The molecule has 26 heavy (non-hydrogen) atoms. The van der Waals surface area contributed by atoms with Gasteiger partial charge >= 0.3 is 0 Å². The van der Waals surface area contributed by atoms with E-state index in [1.807, 2.05) is 25.1 Å². The van der Waals surface area contributed by atoms with E-state index in [4.69, 9.17) is 0 Å². The first kappa shape index (κ1) is 18.2. The highest BCUT2D eigenvalue weighted by Crippen LogP contribution is 2.18. The quantitative estimate of drug-likeness (QED) is 0.715. The van der Waals surface area contributed by atoms with Crippen LogP contribution < -0.4 is 4.72 Å². The van der Waals surface area contributed by atoms with Crippen molar-refractivity contribution in [3.05, 3.63) is 66.1 Å². The lowest BCUT2D eigenvalue weighted by Crippen LogP contribution is -2.28. The highest BCUT2D eigenvalue weighted by Gasteiger charge is 2.16. The minimum Gasteiger partial charge on any atom is -0.268 e. The summed E-state index contributed by atoms with van der Waals surface area (Å²) in [4.78, 5) is 3.63. The standard InChI is InChI=1S/C17H16F2N4O2S/c1-12-10-17(13-4-6-20-7-5-13)22-23(12)9-8-21-26(24,25)14-2-3-15(18)16(19)11-14/h2-7,10-11,21H,8-9H2,1H3. The number of rotatable bonds is 6. The van der Waals surface area contributed by atoms with Gasteiger partial charge in [0.05, 0.1) is 17.1 Å². The maximum atomic E-state index is 13.2. The molecule has 0 fully saturated rings. The van der Waals surface area contributed by atoms with Gasteiger partial charge in [0, 0.05) is 30.2 Å². The second kappa shape index (κ2) is 7.30. The number of benzene rings is 1. The van der Waals surface area contributed by atoms with Crippen LogP contribution in [0.3, 0.4) is 0 Å². The van der Waals surface area contributed by atoms with Crippen LogP contribution in [0.5, 0.6) is 0 Å². The first-order chi connectivity index (χ1) is 12.4. The van der Waals surface area contributed by atoms with Crippen molar-refractivity contribution in [2.75, 3.05) is 6.54 Å². The van der Waals surface area contributed by atoms with Crippen molar-refractivity contribution < 1.29 is 17.2 Å². The third kappa shape index (κ3) is 3.94. The number of nitrogens with zero attached hydrogens (tertiary/aromatic N) is 3. The number of hydrogen-bond donors (Lipinski definition) is 1. The SMILES string of the molecule is Cc1cc(-c2ccncc2)nn1CCNS(=O)(=O)c1ccc(F)c(F)c1. The maximum Gasteiger partial charge on any atom is 0.240 e. The van der Waals surface area contributed by atoms with Crippen molar-refractivity contribution in [3.8, 4) is 11.3 Å². The van der Waals surface area contributed by atoms with Gasteiger partial charge in [-0.15, -0.1) is 0 Å². The Balaban J connectivity index is 1.68. The summed E-state index contributed by atoms with van der Waals surface area (Å²) in [6.45, 7) is 2.21. The second-order valence-electron chi connectivity index (χ2n) is 5.60. The molecular weight excluding hydrogens is 362 g/mol. The summed E-state index contributed by atoms with van der Waals surface area (Å²) in [5.74, 6) is -2.31. The molecule has 0 saturated carbocycles. The predicted octanol–water partition coefficient (Wildman–Crippen LogP) is 2.51. The van der Waals surface area contributed by atoms with Crippen LogP contribution in [0.25, 0.3) is 11.3 Å². The summed E-state index contributed by atoms with van der Waals surface area (Å²) in [5, 5.41) is 4.44. The molecule has 2 aromatic heterocycles. The van der Waals surface area contributed by atoms with Gasteiger partial charge in [0.2, 0.25) is 10.0 Å². The van der Waals surface area contributed by atoms with Crippen LogP contribution in [0.2, 0.25) is 0 Å². The lowest BCUT2D eigenvalue weighted by Gasteiger charge is -2.08. The average Bonchev–Trinajstić information content (AvgIpc) is 2.99. The zero-order valence-electron chi connectivity index (χ0n) is 13.9. The molecule has 0 radical (unpaired) electrons. The maximum absolute atomic E-state index is 13.2. The molecule has 0 amide bonds. The minimum absolute atomic E-state index is 0.0552. The molecule has 1 aromatic carbocycles. The molecule has 136 valence electrons. The van der Waals surface area contributed by atoms with Crippen molar-refractivity contribution in [1.82, 2.24) is 19.5 Å². The number of sulfonamides is 1. The number of aromatic nitrogens is 3. The third-order valence-corrected chi connectivity index (χ3v) is 5.23. The number of hydrogen-bond acceptors (Lipinski definition) is 4. The van der Waals surface area contributed by atoms with E-state index < -0.39 is 21.7 Å². The molecule has 6 nitrogen and oxygen atoms in total. The van der Waals surface area contributed by atoms with E-state index in [0.717, 1.165) is 29.1 Å². The van der Waals surface area contributed by atoms with Crippen LogP contribution in [-0.4, -0.2) is 29.7 Å². The minimum atomic E-state index is -3.93. The fourth-order valence-corrected chi connectivity index (χ4v) is 3.45. The van der Waals surface area contributed by atoms with E-state index in [0.29, 0.717) is 12.6 Å². The number of halogens is 2. The molecule has 2 heterocycles. The second-order valence-corrected chi connectivity index (χ2v) is 7.37. The van der Waals surface area contributed by atoms with Crippen molar-refractivity contribution >= 4 is 10.0 Å². The Kier molecular flexibility index (Phi) is 5.10. The lowest BCUT2D eigenvalue weighted by molar-refractivity contribution is 0.503. The molecule has 0 saturated heterocycles. The van der Waals surface area contributed by atoms with Crippen LogP contribution >= 0.6 is 0 Å². The van der Waals surface area contributed by atoms with Crippen molar-refractivity contribution in [2.24, 2.45) is 0 Å². The normalized spacial score (nSPS) is 11.7. The van der Waals surface area contributed by atoms with Gasteiger partial charge in [0.1, 0.15) is 0 Å². The largest absolute Gasteiger partial charge is 0.268 e. The Morgan fingerprint density at radius 3 is 2.50 bits per heavy atom. The van der Waals surface area contributed by atoms with Crippen molar-refractivity contribution in [2.45, 2.75) is 18.4 Å². The van der Waals surface area contributed by atoms with Gasteiger partial charge in [0.15, 0.2) is 11.6 Å². The van der Waals surface area contributed by atoms with Gasteiger partial charge in [0.25, 0.3) is 0 Å². The Morgan fingerprint density at radius 1 is 1.08 bits per heavy atom. The summed E-state index contributed by atoms with van der Waals surface area (Å²) in [6.07, 6.45) is 3.33. The van der Waals surface area contributed by atoms with Crippen LogP contribution in [0.4, 0.5) is 8.78 Å². The highest BCUT2D eigenvalue weighted by atomic mass is 32.2. The Labute approximate surface area is 149 Å². The predicted molar refractivity (Wildman–Crippen MR) is 91.7 cm³/mol. The van der Waals surface area contributed by atoms with E-state index in [9.17, 15) is 17.2 Å². The molecule has 3 aromatic rings. The smallest absolute Gasteiger partial charge is 0.240 e. The van der Waals surface area contributed by atoms with E-state index >= 15 is 0 Å². The molecule has 0 bridgehead atoms.